The van der Waals surface area contributed by atoms with Gasteiger partial charge in [-0.2, -0.15) is 0 Å². The highest BCUT2D eigenvalue weighted by atomic mass is 32.2. The third-order valence-corrected chi connectivity index (χ3v) is 8.37. The van der Waals surface area contributed by atoms with Crippen LogP contribution in [-0.4, -0.2) is 42.6 Å². The predicted molar refractivity (Wildman–Crippen MR) is 124 cm³/mol. The summed E-state index contributed by atoms with van der Waals surface area (Å²) < 4.78 is 54.5. The lowest BCUT2D eigenvalue weighted by Crippen LogP contribution is -2.13. The molecule has 0 aliphatic carbocycles. The van der Waals surface area contributed by atoms with Crippen molar-refractivity contribution in [3.63, 3.8) is 0 Å². The monoisotopic (exact) mass is 474 g/mol. The Kier molecular flexibility index (Phi) is 4.95. The number of nitrogens with zero attached hydrogens (tertiary/aromatic N) is 4. The fourth-order valence-corrected chi connectivity index (χ4v) is 5.98. The lowest BCUT2D eigenvalue weighted by molar-refractivity contribution is 0.586. The molecule has 0 saturated carbocycles. The van der Waals surface area contributed by atoms with E-state index in [4.69, 9.17) is 7.85 Å². The molecule has 0 fully saturated rings. The highest BCUT2D eigenvalue weighted by Crippen LogP contribution is 2.31. The van der Waals surface area contributed by atoms with E-state index in [1.54, 1.807) is 42.5 Å². The Hall–Kier alpha value is -3.70. The summed E-state index contributed by atoms with van der Waals surface area (Å²) in [5.41, 5.74) is 1.12. The zero-order valence-electron chi connectivity index (χ0n) is 17.0. The van der Waals surface area contributed by atoms with Crippen LogP contribution in [0.1, 0.15) is 0 Å². The van der Waals surface area contributed by atoms with Gasteiger partial charge in [-0.3, -0.25) is 0 Å². The lowest BCUT2D eigenvalue weighted by atomic mass is 9.97. The first-order valence-corrected chi connectivity index (χ1v) is 12.6. The van der Waals surface area contributed by atoms with E-state index in [0.717, 1.165) is 7.94 Å². The van der Waals surface area contributed by atoms with Gasteiger partial charge in [-0.1, -0.05) is 47.9 Å². The van der Waals surface area contributed by atoms with Crippen molar-refractivity contribution in [3.05, 3.63) is 91.6 Å². The quantitative estimate of drug-likeness (QED) is 0.362. The van der Waals surface area contributed by atoms with Gasteiger partial charge in [-0.25, -0.2) is 34.7 Å². The van der Waals surface area contributed by atoms with Crippen molar-refractivity contribution in [2.75, 3.05) is 0 Å². The summed E-state index contributed by atoms with van der Waals surface area (Å²) in [4.78, 5) is 8.65. The van der Waals surface area contributed by atoms with Gasteiger partial charge in [0.05, 0.1) is 15.5 Å². The maximum Gasteiger partial charge on any atom is 0.269 e. The second-order valence-corrected chi connectivity index (χ2v) is 10.9. The molecule has 0 saturated heterocycles. The standard InChI is InChI=1S/C22H15BN4O4S2/c23-16-11-19-20(21-14-26(15-25-21)32(28,29)17-7-3-1-4-8-17)13-27(22(19)24-12-16)33(30,31)18-9-5-2-6-10-18/h1-15H. The van der Waals surface area contributed by atoms with Crippen LogP contribution in [0.4, 0.5) is 0 Å². The van der Waals surface area contributed by atoms with Crippen LogP contribution in [0.15, 0.2) is 101 Å². The number of fused-ring (bicyclic) bond motifs is 1. The van der Waals surface area contributed by atoms with Gasteiger partial charge in [0.25, 0.3) is 20.0 Å². The SMILES string of the molecule is [B]c1cnc2c(c1)c(-c1cn(S(=O)(=O)c3ccccc3)cn1)cn2S(=O)(=O)c1ccccc1. The number of benzene rings is 2. The van der Waals surface area contributed by atoms with Crippen LogP contribution in [0, 0.1) is 0 Å². The van der Waals surface area contributed by atoms with Gasteiger partial charge in [0.15, 0.2) is 5.65 Å². The first-order valence-electron chi connectivity index (χ1n) is 9.71. The Bertz CT molecular complexity index is 1700. The third-order valence-electron chi connectivity index (χ3n) is 5.09. The van der Waals surface area contributed by atoms with Gasteiger partial charge in [-0.15, -0.1) is 0 Å². The molecule has 5 aromatic rings. The molecule has 162 valence electrons. The molecule has 0 unspecified atom stereocenters. The van der Waals surface area contributed by atoms with Crippen LogP contribution >= 0.6 is 0 Å². The molecule has 8 nitrogen and oxygen atoms in total. The van der Waals surface area contributed by atoms with Crippen LogP contribution in [0.25, 0.3) is 22.3 Å². The molecule has 3 heterocycles. The van der Waals surface area contributed by atoms with Crippen LogP contribution < -0.4 is 5.46 Å². The lowest BCUT2D eigenvalue weighted by Gasteiger charge is -2.06. The summed E-state index contributed by atoms with van der Waals surface area (Å²) in [6.07, 6.45) is 5.24. The van der Waals surface area contributed by atoms with E-state index in [9.17, 15) is 16.8 Å². The normalized spacial score (nSPS) is 12.2. The topological polar surface area (TPSA) is 104 Å². The van der Waals surface area contributed by atoms with E-state index in [2.05, 4.69) is 9.97 Å². The van der Waals surface area contributed by atoms with Crippen LogP contribution in [0.5, 0.6) is 0 Å². The van der Waals surface area contributed by atoms with E-state index in [1.165, 1.54) is 49.2 Å². The first-order chi connectivity index (χ1) is 15.8. The smallest absolute Gasteiger partial charge is 0.238 e. The fraction of sp³-hybridized carbons (Fsp3) is 0. The van der Waals surface area contributed by atoms with E-state index in [-0.39, 0.29) is 21.1 Å². The minimum absolute atomic E-state index is 0.0873. The average Bonchev–Trinajstić information content (AvgIpc) is 3.46. The largest absolute Gasteiger partial charge is 0.269 e. The summed E-state index contributed by atoms with van der Waals surface area (Å²) in [5, 5.41) is 0.428. The molecule has 2 aromatic carbocycles. The van der Waals surface area contributed by atoms with E-state index in [1.807, 2.05) is 0 Å². The molecule has 11 heteroatoms. The fourth-order valence-electron chi connectivity index (χ4n) is 3.48. The summed E-state index contributed by atoms with van der Waals surface area (Å²) in [5.74, 6) is 0. The maximum atomic E-state index is 13.3. The molecule has 0 aliphatic rings. The van der Waals surface area contributed by atoms with Crippen LogP contribution in [-0.2, 0) is 20.0 Å². The zero-order chi connectivity index (χ0) is 23.2. The molecule has 2 radical (unpaired) electrons. The summed E-state index contributed by atoms with van der Waals surface area (Å²) in [6, 6.07) is 17.5. The minimum Gasteiger partial charge on any atom is -0.238 e. The number of imidazole rings is 1. The first kappa shape index (κ1) is 21.2. The number of pyridine rings is 1. The van der Waals surface area contributed by atoms with Crippen molar-refractivity contribution < 1.29 is 16.8 Å². The molecule has 0 bridgehead atoms. The van der Waals surface area contributed by atoms with Crippen molar-refractivity contribution in [2.24, 2.45) is 0 Å². The molecule has 0 atom stereocenters. The van der Waals surface area contributed by atoms with E-state index >= 15 is 0 Å². The number of rotatable bonds is 5. The van der Waals surface area contributed by atoms with Crippen molar-refractivity contribution in [2.45, 2.75) is 9.79 Å². The van der Waals surface area contributed by atoms with Crippen LogP contribution in [0.3, 0.4) is 0 Å². The molecule has 5 rings (SSSR count). The zero-order valence-corrected chi connectivity index (χ0v) is 18.6. The molecular formula is C22H15BN4O4S2. The van der Waals surface area contributed by atoms with E-state index < -0.39 is 20.0 Å². The van der Waals surface area contributed by atoms with E-state index in [0.29, 0.717) is 16.4 Å². The number of aromatic nitrogens is 4. The molecule has 0 spiro atoms. The van der Waals surface area contributed by atoms with Crippen molar-refractivity contribution in [3.8, 4) is 11.3 Å². The predicted octanol–water partition coefficient (Wildman–Crippen LogP) is 2.17. The van der Waals surface area contributed by atoms with Gasteiger partial charge < -0.3 is 0 Å². The van der Waals surface area contributed by atoms with Crippen LogP contribution in [0.2, 0.25) is 0 Å². The Balaban J connectivity index is 1.69. The summed E-state index contributed by atoms with van der Waals surface area (Å²) in [7, 11) is -1.92. The Morgan fingerprint density at radius 3 is 2.00 bits per heavy atom. The Morgan fingerprint density at radius 1 is 0.758 bits per heavy atom. The molecule has 0 N–H and O–H groups in total. The highest BCUT2D eigenvalue weighted by Gasteiger charge is 2.24. The van der Waals surface area contributed by atoms with Gasteiger partial charge in [-0.05, 0) is 24.3 Å². The molecule has 0 amide bonds. The third kappa shape index (κ3) is 3.55. The molecule has 3 aromatic heterocycles. The maximum absolute atomic E-state index is 13.3. The Labute approximate surface area is 191 Å². The van der Waals surface area contributed by atoms with Crippen molar-refractivity contribution in [1.29, 1.82) is 0 Å². The van der Waals surface area contributed by atoms with Gasteiger partial charge in [0.1, 0.15) is 14.2 Å². The van der Waals surface area contributed by atoms with Gasteiger partial charge in [0, 0.05) is 29.5 Å². The summed E-state index contributed by atoms with van der Waals surface area (Å²) >= 11 is 0. The number of hydrogen-bond donors (Lipinski definition) is 0. The highest BCUT2D eigenvalue weighted by molar-refractivity contribution is 7.90. The summed E-state index contributed by atoms with van der Waals surface area (Å²) in [6.45, 7) is 0. The molecule has 33 heavy (non-hydrogen) atoms. The molecule has 0 aliphatic heterocycles. The average molecular weight is 474 g/mol. The van der Waals surface area contributed by atoms with Gasteiger partial charge >= 0.3 is 0 Å². The van der Waals surface area contributed by atoms with Crippen molar-refractivity contribution in [1.82, 2.24) is 17.9 Å². The second-order valence-electron chi connectivity index (χ2n) is 7.20. The minimum atomic E-state index is -3.97. The second kappa shape index (κ2) is 7.71. The molecular weight excluding hydrogens is 459 g/mol. The Morgan fingerprint density at radius 2 is 1.36 bits per heavy atom. The van der Waals surface area contributed by atoms with Gasteiger partial charge in [0.2, 0.25) is 0 Å². The van der Waals surface area contributed by atoms with Crippen molar-refractivity contribution >= 4 is 44.4 Å². The number of hydrogen-bond acceptors (Lipinski definition) is 6.